The van der Waals surface area contributed by atoms with Crippen LogP contribution >= 0.6 is 0 Å². The molecule has 0 amide bonds. The van der Waals surface area contributed by atoms with Gasteiger partial charge in [-0.05, 0) is 108 Å². The Balaban J connectivity index is 1.17. The van der Waals surface area contributed by atoms with Crippen LogP contribution in [0.1, 0.15) is 49.9 Å². The van der Waals surface area contributed by atoms with Crippen LogP contribution in [0.25, 0.3) is 66.4 Å². The minimum atomic E-state index is -0.144. The van der Waals surface area contributed by atoms with Crippen molar-refractivity contribution < 1.29 is 0 Å². The van der Waals surface area contributed by atoms with Gasteiger partial charge in [0.15, 0.2) is 0 Å². The predicted molar refractivity (Wildman–Crippen MR) is 250 cm³/mol. The Morgan fingerprint density at radius 3 is 1.58 bits per heavy atom. The fraction of sp³-hybridized carbons (Fsp3) is 0.103. The van der Waals surface area contributed by atoms with Crippen molar-refractivity contribution >= 4 is 27.8 Å². The number of rotatable bonds is 6. The van der Waals surface area contributed by atoms with Crippen molar-refractivity contribution in [2.45, 2.75) is 38.5 Å². The minimum Gasteiger partial charge on any atom is -0.309 e. The van der Waals surface area contributed by atoms with Gasteiger partial charge in [-0.15, -0.1) is 0 Å². The number of benzene rings is 9. The highest BCUT2D eigenvalue weighted by atomic mass is 15.1. The van der Waals surface area contributed by atoms with Gasteiger partial charge in [0.2, 0.25) is 0 Å². The molecule has 1 nitrogen and oxygen atoms in total. The molecule has 0 fully saturated rings. The van der Waals surface area contributed by atoms with Gasteiger partial charge >= 0.3 is 0 Å². The molecule has 0 atom stereocenters. The molecule has 11 rings (SSSR count). The Hall–Kier alpha value is -6.96. The van der Waals surface area contributed by atoms with E-state index in [0.29, 0.717) is 0 Å². The van der Waals surface area contributed by atoms with Crippen LogP contribution in [-0.4, -0.2) is 0 Å². The first-order valence-corrected chi connectivity index (χ1v) is 20.9. The summed E-state index contributed by atoms with van der Waals surface area (Å²) in [4.78, 5) is 2.53. The summed E-state index contributed by atoms with van der Waals surface area (Å²) in [6.45, 7) is 9.45. The third-order valence-corrected chi connectivity index (χ3v) is 13.3. The molecule has 0 radical (unpaired) electrons. The summed E-state index contributed by atoms with van der Waals surface area (Å²) in [6, 6.07) is 74.4. The van der Waals surface area contributed by atoms with E-state index in [2.05, 4.69) is 233 Å². The first-order chi connectivity index (χ1) is 28.8. The molecule has 0 unspecified atom stereocenters. The highest BCUT2D eigenvalue weighted by molar-refractivity contribution is 6.08. The van der Waals surface area contributed by atoms with Crippen LogP contribution in [0.3, 0.4) is 0 Å². The Morgan fingerprint density at radius 1 is 0.305 bits per heavy atom. The maximum Gasteiger partial charge on any atom is 0.0546 e. The largest absolute Gasteiger partial charge is 0.309 e. The van der Waals surface area contributed by atoms with Crippen molar-refractivity contribution in [1.29, 1.82) is 0 Å². The van der Waals surface area contributed by atoms with Gasteiger partial charge in [0, 0.05) is 27.5 Å². The van der Waals surface area contributed by atoms with E-state index in [-0.39, 0.29) is 10.8 Å². The number of anilines is 3. The Kier molecular flexibility index (Phi) is 7.94. The summed E-state index contributed by atoms with van der Waals surface area (Å²) >= 11 is 0. The van der Waals surface area contributed by atoms with Crippen LogP contribution in [0.4, 0.5) is 17.1 Å². The molecule has 0 N–H and O–H groups in total. The second kappa shape index (κ2) is 13.3. The lowest BCUT2D eigenvalue weighted by atomic mass is 9.82. The summed E-state index contributed by atoms with van der Waals surface area (Å²) < 4.78 is 0. The molecule has 59 heavy (non-hydrogen) atoms. The number of fused-ring (bicyclic) bond motifs is 7. The van der Waals surface area contributed by atoms with Gasteiger partial charge in [-0.25, -0.2) is 0 Å². The van der Waals surface area contributed by atoms with Crippen LogP contribution < -0.4 is 4.90 Å². The Morgan fingerprint density at radius 2 is 0.847 bits per heavy atom. The maximum absolute atomic E-state index is 2.53. The van der Waals surface area contributed by atoms with Gasteiger partial charge in [-0.1, -0.05) is 198 Å². The monoisotopic (exact) mass is 755 g/mol. The Labute approximate surface area is 347 Å². The second-order valence-electron chi connectivity index (χ2n) is 17.3. The molecule has 9 aromatic rings. The third kappa shape index (κ3) is 5.38. The van der Waals surface area contributed by atoms with Crippen LogP contribution in [-0.2, 0) is 10.8 Å². The molecule has 0 bridgehead atoms. The van der Waals surface area contributed by atoms with Gasteiger partial charge in [0.25, 0.3) is 0 Å². The predicted octanol–water partition coefficient (Wildman–Crippen LogP) is 15.9. The smallest absolute Gasteiger partial charge is 0.0546 e. The van der Waals surface area contributed by atoms with Crippen LogP contribution in [0.2, 0.25) is 0 Å². The van der Waals surface area contributed by atoms with Crippen molar-refractivity contribution in [3.63, 3.8) is 0 Å². The highest BCUT2D eigenvalue weighted by Crippen LogP contribution is 2.54. The molecule has 2 aliphatic rings. The molecule has 0 spiro atoms. The van der Waals surface area contributed by atoms with Gasteiger partial charge < -0.3 is 4.90 Å². The quantitative estimate of drug-likeness (QED) is 0.163. The average Bonchev–Trinajstić information content (AvgIpc) is 3.66. The average molecular weight is 756 g/mol. The summed E-state index contributed by atoms with van der Waals surface area (Å²) in [5.41, 5.74) is 21.4. The van der Waals surface area contributed by atoms with Crippen molar-refractivity contribution in [3.8, 4) is 55.6 Å². The fourth-order valence-electron chi connectivity index (χ4n) is 10.3. The first kappa shape index (κ1) is 35.2. The van der Waals surface area contributed by atoms with E-state index in [0.717, 1.165) is 17.1 Å². The molecule has 1 heteroatoms. The zero-order valence-electron chi connectivity index (χ0n) is 34.0. The molecule has 9 aromatic carbocycles. The van der Waals surface area contributed by atoms with Crippen molar-refractivity contribution in [1.82, 2.24) is 0 Å². The lowest BCUT2D eigenvalue weighted by molar-refractivity contribution is 0.660. The van der Waals surface area contributed by atoms with Crippen LogP contribution in [0.5, 0.6) is 0 Å². The standard InChI is InChI=1S/C58H45N/c1-57(2)51-28-16-14-24-46(51)49-36-40(30-34-52(49)57)42-33-35-54(48-25-12-11-22-44(42)48)59(41-31-32-47-45-23-13-15-27-50(45)58(3,4)53(47)37-41)55-29-17-26-43(38-18-7-5-8-19-38)56(55)39-20-9-6-10-21-39/h5-37H,1-4H3. The normalized spacial score (nSPS) is 14.0. The lowest BCUT2D eigenvalue weighted by Crippen LogP contribution is -2.17. The van der Waals surface area contributed by atoms with E-state index in [9.17, 15) is 0 Å². The van der Waals surface area contributed by atoms with Crippen LogP contribution in [0, 0.1) is 0 Å². The lowest BCUT2D eigenvalue weighted by Gasteiger charge is -2.32. The summed E-state index contributed by atoms with van der Waals surface area (Å²) in [5.74, 6) is 0. The summed E-state index contributed by atoms with van der Waals surface area (Å²) in [7, 11) is 0. The summed E-state index contributed by atoms with van der Waals surface area (Å²) in [5, 5.41) is 2.44. The van der Waals surface area contributed by atoms with E-state index in [4.69, 9.17) is 0 Å². The molecule has 0 aliphatic heterocycles. The fourth-order valence-corrected chi connectivity index (χ4v) is 10.3. The van der Waals surface area contributed by atoms with E-state index in [1.807, 2.05) is 0 Å². The molecule has 282 valence electrons. The van der Waals surface area contributed by atoms with Gasteiger partial charge in [0.1, 0.15) is 0 Å². The number of hydrogen-bond donors (Lipinski definition) is 0. The molecular formula is C58H45N. The van der Waals surface area contributed by atoms with E-state index < -0.39 is 0 Å². The SMILES string of the molecule is CC1(C)c2ccccc2-c2cc(-c3ccc(N(c4ccc5c(c4)C(C)(C)c4ccccc4-5)c4cccc(-c5ccccc5)c4-c4ccccc4)c4ccccc34)ccc21. The van der Waals surface area contributed by atoms with Crippen molar-refractivity contribution in [2.24, 2.45) is 0 Å². The third-order valence-electron chi connectivity index (χ3n) is 13.3. The molecule has 0 saturated carbocycles. The number of hydrogen-bond acceptors (Lipinski definition) is 1. The van der Waals surface area contributed by atoms with Crippen molar-refractivity contribution in [2.75, 3.05) is 4.90 Å². The Bertz CT molecular complexity index is 3100. The zero-order valence-corrected chi connectivity index (χ0v) is 34.0. The zero-order chi connectivity index (χ0) is 39.9. The molecule has 2 aliphatic carbocycles. The van der Waals surface area contributed by atoms with E-state index in [1.54, 1.807) is 0 Å². The van der Waals surface area contributed by atoms with Gasteiger partial charge in [0.05, 0.1) is 11.4 Å². The minimum absolute atomic E-state index is 0.0343. The molecule has 0 heterocycles. The molecule has 0 aromatic heterocycles. The van der Waals surface area contributed by atoms with E-state index in [1.165, 1.54) is 88.7 Å². The van der Waals surface area contributed by atoms with Crippen molar-refractivity contribution in [3.05, 3.63) is 222 Å². The first-order valence-electron chi connectivity index (χ1n) is 20.9. The van der Waals surface area contributed by atoms with E-state index >= 15 is 0 Å². The molecule has 0 saturated heterocycles. The summed E-state index contributed by atoms with van der Waals surface area (Å²) in [6.07, 6.45) is 0. The van der Waals surface area contributed by atoms with Gasteiger partial charge in [-0.2, -0.15) is 0 Å². The van der Waals surface area contributed by atoms with Crippen LogP contribution in [0.15, 0.2) is 200 Å². The number of nitrogens with zero attached hydrogens (tertiary/aromatic N) is 1. The topological polar surface area (TPSA) is 3.24 Å². The maximum atomic E-state index is 2.53. The molecular weight excluding hydrogens is 711 g/mol. The highest BCUT2D eigenvalue weighted by Gasteiger charge is 2.37. The second-order valence-corrected chi connectivity index (χ2v) is 17.3. The van der Waals surface area contributed by atoms with Gasteiger partial charge in [-0.3, -0.25) is 0 Å².